The number of H-pyrrole nitrogens is 1. The number of para-hydroxylation sites is 1. The van der Waals surface area contributed by atoms with E-state index in [1.54, 1.807) is 6.20 Å². The molecule has 8 nitrogen and oxygen atoms in total. The van der Waals surface area contributed by atoms with E-state index in [4.69, 9.17) is 4.74 Å². The molecule has 1 aromatic heterocycles. The molecule has 3 aromatic carbocycles. The van der Waals surface area contributed by atoms with E-state index in [0.29, 0.717) is 0 Å². The smallest absolute Gasteiger partial charge is 0.407 e. The molecule has 1 aliphatic carbocycles. The van der Waals surface area contributed by atoms with Crippen molar-refractivity contribution in [3.63, 3.8) is 0 Å². The maximum absolute atomic E-state index is 13.0. The Morgan fingerprint density at radius 2 is 1.54 bits per heavy atom. The molecule has 1 heterocycles. The molecule has 2 amide bonds. The van der Waals surface area contributed by atoms with Gasteiger partial charge in [0.2, 0.25) is 5.91 Å². The Balaban J connectivity index is 1.32. The number of benzene rings is 3. The summed E-state index contributed by atoms with van der Waals surface area (Å²) in [6.07, 6.45) is 1.20. The lowest BCUT2D eigenvalue weighted by Crippen LogP contribution is -2.51. The van der Waals surface area contributed by atoms with E-state index in [1.165, 1.54) is 6.92 Å². The molecule has 0 bridgehead atoms. The highest BCUT2D eigenvalue weighted by molar-refractivity contribution is 5.90. The highest BCUT2D eigenvalue weighted by atomic mass is 16.5. The number of aromatic amines is 1. The van der Waals surface area contributed by atoms with Crippen LogP contribution in [0.2, 0.25) is 0 Å². The third-order valence-electron chi connectivity index (χ3n) is 6.78. The van der Waals surface area contributed by atoms with E-state index in [0.717, 1.165) is 38.7 Å². The maximum atomic E-state index is 13.0. The molecule has 2 atom stereocenters. The van der Waals surface area contributed by atoms with Crippen molar-refractivity contribution in [1.29, 1.82) is 0 Å². The second kappa shape index (κ2) is 10.2. The van der Waals surface area contributed by atoms with Gasteiger partial charge >= 0.3 is 12.1 Å². The Morgan fingerprint density at radius 1 is 0.919 bits per heavy atom. The lowest BCUT2D eigenvalue weighted by molar-refractivity contribution is -0.141. The number of hydrogen-bond acceptors (Lipinski definition) is 4. The number of amides is 2. The maximum Gasteiger partial charge on any atom is 0.407 e. The first-order chi connectivity index (χ1) is 17.9. The monoisotopic (exact) mass is 497 g/mol. The van der Waals surface area contributed by atoms with Crippen LogP contribution in [0.15, 0.2) is 79.0 Å². The van der Waals surface area contributed by atoms with Crippen LogP contribution >= 0.6 is 0 Å². The van der Waals surface area contributed by atoms with Crippen molar-refractivity contribution in [3.8, 4) is 11.1 Å². The molecule has 0 radical (unpaired) electrons. The van der Waals surface area contributed by atoms with Crippen molar-refractivity contribution in [2.45, 2.75) is 31.3 Å². The fraction of sp³-hybridized carbons (Fsp3) is 0.207. The molecule has 4 N–H and O–H groups in total. The second-order valence-electron chi connectivity index (χ2n) is 9.15. The van der Waals surface area contributed by atoms with Crippen molar-refractivity contribution in [2.75, 3.05) is 6.61 Å². The first-order valence-corrected chi connectivity index (χ1v) is 12.1. The molecule has 5 rings (SSSR count). The van der Waals surface area contributed by atoms with Gasteiger partial charge in [0.15, 0.2) is 0 Å². The molecular weight excluding hydrogens is 470 g/mol. The zero-order chi connectivity index (χ0) is 25.9. The molecule has 0 aliphatic heterocycles. The number of alkyl carbamates (subject to hydrolysis) is 1. The molecule has 0 unspecified atom stereocenters. The minimum absolute atomic E-state index is 0.104. The SMILES string of the molecule is C[C@H](NC(=O)[C@H](Cc1c[nH]c2ccccc12)NC(=O)OCC1c2ccccc2-c2ccccc21)C(=O)O. The predicted molar refractivity (Wildman–Crippen MR) is 139 cm³/mol. The third-order valence-corrected chi connectivity index (χ3v) is 6.78. The summed E-state index contributed by atoms with van der Waals surface area (Å²) in [6.45, 7) is 1.48. The van der Waals surface area contributed by atoms with Gasteiger partial charge in [0.05, 0.1) is 0 Å². The topological polar surface area (TPSA) is 121 Å². The summed E-state index contributed by atoms with van der Waals surface area (Å²) < 4.78 is 5.63. The van der Waals surface area contributed by atoms with E-state index in [1.807, 2.05) is 60.7 Å². The fourth-order valence-electron chi connectivity index (χ4n) is 4.89. The fourth-order valence-corrected chi connectivity index (χ4v) is 4.89. The first-order valence-electron chi connectivity index (χ1n) is 12.1. The van der Waals surface area contributed by atoms with Crippen LogP contribution in [-0.2, 0) is 20.7 Å². The van der Waals surface area contributed by atoms with Gasteiger partial charge in [-0.1, -0.05) is 66.7 Å². The number of nitrogens with one attached hydrogen (secondary N) is 3. The Morgan fingerprint density at radius 3 is 2.22 bits per heavy atom. The zero-order valence-electron chi connectivity index (χ0n) is 20.2. The van der Waals surface area contributed by atoms with Crippen molar-refractivity contribution in [2.24, 2.45) is 0 Å². The summed E-state index contributed by atoms with van der Waals surface area (Å²) in [5.74, 6) is -1.89. The highest BCUT2D eigenvalue weighted by Crippen LogP contribution is 2.44. The molecule has 188 valence electrons. The van der Waals surface area contributed by atoms with Gasteiger partial charge < -0.3 is 25.5 Å². The molecule has 0 saturated carbocycles. The standard InChI is InChI=1S/C29H27N3O5/c1-17(28(34)35)31-27(33)26(14-18-15-30-25-13-7-6-8-19(18)25)32-29(36)37-16-24-22-11-4-2-9-20(22)21-10-3-5-12-23(21)24/h2-13,15,17,24,26,30H,14,16H2,1H3,(H,31,33)(H,32,36)(H,34,35)/t17-,26-/m0/s1. The van der Waals surface area contributed by atoms with Crippen LogP contribution in [0.5, 0.6) is 0 Å². The number of carboxylic acids is 1. The van der Waals surface area contributed by atoms with Crippen LogP contribution < -0.4 is 10.6 Å². The summed E-state index contributed by atoms with van der Waals surface area (Å²) in [7, 11) is 0. The molecule has 0 fully saturated rings. The van der Waals surface area contributed by atoms with Gasteiger partial charge in [-0.25, -0.2) is 4.79 Å². The quantitative estimate of drug-likeness (QED) is 0.291. The van der Waals surface area contributed by atoms with Crippen LogP contribution in [-0.4, -0.2) is 46.8 Å². The predicted octanol–water partition coefficient (Wildman–Crippen LogP) is 4.21. The van der Waals surface area contributed by atoms with Crippen molar-refractivity contribution in [3.05, 3.63) is 95.7 Å². The molecule has 37 heavy (non-hydrogen) atoms. The van der Waals surface area contributed by atoms with E-state index in [9.17, 15) is 19.5 Å². The molecule has 1 aliphatic rings. The first kappa shape index (κ1) is 24.1. The lowest BCUT2D eigenvalue weighted by Gasteiger charge is -2.21. The largest absolute Gasteiger partial charge is 0.480 e. The number of aliphatic carboxylic acids is 1. The third kappa shape index (κ3) is 4.91. The average molecular weight is 498 g/mol. The van der Waals surface area contributed by atoms with E-state index >= 15 is 0 Å². The van der Waals surface area contributed by atoms with Crippen LogP contribution in [0.4, 0.5) is 4.79 Å². The van der Waals surface area contributed by atoms with Crippen molar-refractivity contribution < 1.29 is 24.2 Å². The average Bonchev–Trinajstić information content (AvgIpc) is 3.46. The molecule has 8 heteroatoms. The molecule has 4 aromatic rings. The van der Waals surface area contributed by atoms with Crippen LogP contribution in [0.25, 0.3) is 22.0 Å². The van der Waals surface area contributed by atoms with Crippen LogP contribution in [0.3, 0.4) is 0 Å². The molecular formula is C29H27N3O5. The Labute approximate surface area is 213 Å². The number of carbonyl (C=O) groups excluding carboxylic acids is 2. The summed E-state index contributed by atoms with van der Waals surface area (Å²) in [4.78, 5) is 40.3. The molecule has 0 saturated heterocycles. The number of carboxylic acid groups (broad SMARTS) is 1. The minimum atomic E-state index is -1.17. The van der Waals surface area contributed by atoms with Gasteiger partial charge in [0, 0.05) is 29.4 Å². The Kier molecular flexibility index (Phi) is 6.64. The van der Waals surface area contributed by atoms with E-state index in [-0.39, 0.29) is 18.9 Å². The number of rotatable bonds is 8. The van der Waals surface area contributed by atoms with E-state index in [2.05, 4.69) is 27.8 Å². The van der Waals surface area contributed by atoms with Crippen LogP contribution in [0.1, 0.15) is 29.5 Å². The minimum Gasteiger partial charge on any atom is -0.480 e. The normalized spacial score (nSPS) is 13.9. The van der Waals surface area contributed by atoms with Gasteiger partial charge in [-0.3, -0.25) is 9.59 Å². The zero-order valence-corrected chi connectivity index (χ0v) is 20.2. The van der Waals surface area contributed by atoms with Gasteiger partial charge in [0.25, 0.3) is 0 Å². The van der Waals surface area contributed by atoms with Crippen LogP contribution in [0, 0.1) is 0 Å². The Bertz CT molecular complexity index is 1430. The summed E-state index contributed by atoms with van der Waals surface area (Å²) in [5.41, 5.74) is 6.12. The highest BCUT2D eigenvalue weighted by Gasteiger charge is 2.30. The van der Waals surface area contributed by atoms with E-state index < -0.39 is 30.1 Å². The lowest BCUT2D eigenvalue weighted by atomic mass is 9.98. The van der Waals surface area contributed by atoms with Gasteiger partial charge in [-0.15, -0.1) is 0 Å². The number of ether oxygens (including phenoxy) is 1. The van der Waals surface area contributed by atoms with Crippen molar-refractivity contribution >= 4 is 28.9 Å². The number of fused-ring (bicyclic) bond motifs is 4. The van der Waals surface area contributed by atoms with Crippen molar-refractivity contribution in [1.82, 2.24) is 15.6 Å². The summed E-state index contributed by atoms with van der Waals surface area (Å²) >= 11 is 0. The second-order valence-corrected chi connectivity index (χ2v) is 9.15. The molecule has 0 spiro atoms. The van der Waals surface area contributed by atoms with Gasteiger partial charge in [0.1, 0.15) is 18.7 Å². The van der Waals surface area contributed by atoms with Gasteiger partial charge in [-0.2, -0.15) is 0 Å². The Hall–Kier alpha value is -4.59. The number of carbonyl (C=O) groups is 3. The number of hydrogen-bond donors (Lipinski definition) is 4. The summed E-state index contributed by atoms with van der Waals surface area (Å²) in [6, 6.07) is 21.5. The number of aromatic nitrogens is 1. The van der Waals surface area contributed by atoms with Gasteiger partial charge in [-0.05, 0) is 40.8 Å². The summed E-state index contributed by atoms with van der Waals surface area (Å²) in [5, 5.41) is 15.2.